The Morgan fingerprint density at radius 3 is 2.41 bits per heavy atom. The predicted octanol–water partition coefficient (Wildman–Crippen LogP) is 2.02. The molecule has 160 valence electrons. The number of aromatic nitrogens is 2. The van der Waals surface area contributed by atoms with Crippen molar-refractivity contribution in [2.24, 2.45) is 5.92 Å². The fourth-order valence-electron chi connectivity index (χ4n) is 3.29. The van der Waals surface area contributed by atoms with Crippen molar-refractivity contribution < 1.29 is 32.6 Å². The van der Waals surface area contributed by atoms with E-state index in [2.05, 4.69) is 9.88 Å². The van der Waals surface area contributed by atoms with Crippen LogP contribution in [-0.4, -0.2) is 70.9 Å². The fraction of sp³-hybridized carbons (Fsp3) is 0.667. The molecule has 1 aromatic heterocycles. The number of ether oxygens (including phenoxy) is 1. The van der Waals surface area contributed by atoms with Crippen LogP contribution in [0.15, 0.2) is 12.3 Å². The van der Waals surface area contributed by atoms with E-state index in [1.807, 2.05) is 17.2 Å². The van der Waals surface area contributed by atoms with Crippen molar-refractivity contribution in [3.8, 4) is 0 Å². The van der Waals surface area contributed by atoms with Crippen molar-refractivity contribution in [2.45, 2.75) is 37.9 Å². The number of amides is 1. The lowest BCUT2D eigenvalue weighted by Gasteiger charge is -2.35. The Morgan fingerprint density at radius 2 is 1.83 bits per heavy atom. The second-order valence-corrected chi connectivity index (χ2v) is 7.17. The molecule has 0 radical (unpaired) electrons. The summed E-state index contributed by atoms with van der Waals surface area (Å²) < 4.78 is 37.3. The van der Waals surface area contributed by atoms with Crippen LogP contribution in [0.25, 0.3) is 0 Å². The van der Waals surface area contributed by atoms with Crippen molar-refractivity contribution >= 4 is 17.7 Å². The van der Waals surface area contributed by atoms with E-state index in [4.69, 9.17) is 19.6 Å². The zero-order valence-corrected chi connectivity index (χ0v) is 15.8. The molecule has 11 heteroatoms. The van der Waals surface area contributed by atoms with Crippen LogP contribution in [-0.2, 0) is 14.3 Å². The number of morpholine rings is 1. The molecule has 4 rings (SSSR count). The van der Waals surface area contributed by atoms with Gasteiger partial charge < -0.3 is 19.6 Å². The lowest BCUT2D eigenvalue weighted by Crippen LogP contribution is -2.44. The number of carboxylic acid groups (broad SMARTS) is 1. The summed E-state index contributed by atoms with van der Waals surface area (Å²) in [6.45, 7) is 3.88. The van der Waals surface area contributed by atoms with Gasteiger partial charge in [0.25, 0.3) is 0 Å². The Morgan fingerprint density at radius 1 is 1.17 bits per heavy atom. The first kappa shape index (κ1) is 21.3. The minimum Gasteiger partial charge on any atom is -0.475 e. The summed E-state index contributed by atoms with van der Waals surface area (Å²) in [5, 5.41) is 7.12. The van der Waals surface area contributed by atoms with Gasteiger partial charge in [0, 0.05) is 31.7 Å². The molecule has 1 aliphatic carbocycles. The zero-order chi connectivity index (χ0) is 21.0. The summed E-state index contributed by atoms with van der Waals surface area (Å²) in [4.78, 5) is 34.8. The van der Waals surface area contributed by atoms with Crippen LogP contribution in [0.3, 0.4) is 0 Å². The number of anilines is 1. The number of alkyl halides is 3. The van der Waals surface area contributed by atoms with Gasteiger partial charge in [-0.3, -0.25) is 4.79 Å². The van der Waals surface area contributed by atoms with Crippen molar-refractivity contribution in [3.63, 3.8) is 0 Å². The molecule has 1 atom stereocenters. The highest BCUT2D eigenvalue weighted by Crippen LogP contribution is 2.34. The lowest BCUT2D eigenvalue weighted by atomic mass is 10.2. The van der Waals surface area contributed by atoms with Gasteiger partial charge in [-0.1, -0.05) is 0 Å². The standard InChI is InChI=1S/C16H22N4O2.C2HF3O2/c21-16(12-3-4-12)20-9-10-22-11-13(20)15-17-6-5-14(18-15)19-7-1-2-8-19;3-2(4,5)1(6)7/h5-6,12-13H,1-4,7-11H2;(H,6,7). The number of halogens is 3. The van der Waals surface area contributed by atoms with Gasteiger partial charge in [-0.05, 0) is 31.7 Å². The minimum atomic E-state index is -5.08. The molecule has 3 heterocycles. The molecule has 1 saturated carbocycles. The minimum absolute atomic E-state index is 0.135. The average Bonchev–Trinajstić information content (AvgIpc) is 3.41. The maximum absolute atomic E-state index is 12.5. The summed E-state index contributed by atoms with van der Waals surface area (Å²) in [5.74, 6) is -0.580. The first-order valence-corrected chi connectivity index (χ1v) is 9.53. The number of nitrogens with zero attached hydrogens (tertiary/aromatic N) is 4. The summed E-state index contributed by atoms with van der Waals surface area (Å²) in [6, 6.07) is 1.83. The van der Waals surface area contributed by atoms with E-state index in [-0.39, 0.29) is 17.9 Å². The number of hydrogen-bond acceptors (Lipinski definition) is 6. The molecular formula is C18H23F3N4O4. The summed E-state index contributed by atoms with van der Waals surface area (Å²) in [5.41, 5.74) is 0. The van der Waals surface area contributed by atoms with E-state index in [1.165, 1.54) is 12.8 Å². The molecule has 2 aliphatic heterocycles. The lowest BCUT2D eigenvalue weighted by molar-refractivity contribution is -0.192. The van der Waals surface area contributed by atoms with Crippen molar-refractivity contribution in [1.29, 1.82) is 0 Å². The van der Waals surface area contributed by atoms with Crippen LogP contribution in [0.4, 0.5) is 19.0 Å². The van der Waals surface area contributed by atoms with Crippen molar-refractivity contribution in [3.05, 3.63) is 18.1 Å². The molecule has 1 unspecified atom stereocenters. The van der Waals surface area contributed by atoms with Crippen LogP contribution in [0, 0.1) is 5.92 Å². The Balaban J connectivity index is 0.000000298. The van der Waals surface area contributed by atoms with Gasteiger partial charge in [-0.2, -0.15) is 13.2 Å². The number of carboxylic acids is 1. The first-order chi connectivity index (χ1) is 13.8. The van der Waals surface area contributed by atoms with Crippen molar-refractivity contribution in [2.75, 3.05) is 37.7 Å². The summed E-state index contributed by atoms with van der Waals surface area (Å²) in [7, 11) is 0. The summed E-state index contributed by atoms with van der Waals surface area (Å²) in [6.07, 6.45) is 1.22. The van der Waals surface area contributed by atoms with Crippen LogP contribution in [0.5, 0.6) is 0 Å². The molecule has 0 aromatic carbocycles. The van der Waals surface area contributed by atoms with E-state index in [0.717, 1.165) is 37.6 Å². The van der Waals surface area contributed by atoms with Gasteiger partial charge in [0.05, 0.1) is 13.2 Å². The van der Waals surface area contributed by atoms with Crippen LogP contribution >= 0.6 is 0 Å². The molecule has 1 N–H and O–H groups in total. The molecule has 0 spiro atoms. The zero-order valence-electron chi connectivity index (χ0n) is 15.8. The van der Waals surface area contributed by atoms with Gasteiger partial charge in [0.2, 0.25) is 5.91 Å². The molecule has 8 nitrogen and oxygen atoms in total. The molecule has 1 aromatic rings. The average molecular weight is 416 g/mol. The second kappa shape index (κ2) is 8.93. The van der Waals surface area contributed by atoms with Gasteiger partial charge in [0.1, 0.15) is 11.9 Å². The maximum atomic E-state index is 12.5. The number of carbonyl (C=O) groups excluding carboxylic acids is 1. The van der Waals surface area contributed by atoms with E-state index in [0.29, 0.717) is 19.8 Å². The van der Waals surface area contributed by atoms with E-state index in [9.17, 15) is 18.0 Å². The van der Waals surface area contributed by atoms with Gasteiger partial charge in [0.15, 0.2) is 5.82 Å². The predicted molar refractivity (Wildman–Crippen MR) is 95.2 cm³/mol. The molecule has 0 bridgehead atoms. The van der Waals surface area contributed by atoms with Crippen LogP contribution < -0.4 is 4.90 Å². The summed E-state index contributed by atoms with van der Waals surface area (Å²) >= 11 is 0. The third-order valence-electron chi connectivity index (χ3n) is 4.97. The largest absolute Gasteiger partial charge is 0.490 e. The normalized spacial score (nSPS) is 22.1. The fourth-order valence-corrected chi connectivity index (χ4v) is 3.29. The number of hydrogen-bond donors (Lipinski definition) is 1. The smallest absolute Gasteiger partial charge is 0.475 e. The van der Waals surface area contributed by atoms with Crippen molar-refractivity contribution in [1.82, 2.24) is 14.9 Å². The number of carbonyl (C=O) groups is 2. The third kappa shape index (κ3) is 5.55. The number of rotatable bonds is 3. The topological polar surface area (TPSA) is 95.9 Å². The van der Waals surface area contributed by atoms with Gasteiger partial charge in [-0.15, -0.1) is 0 Å². The Hall–Kier alpha value is -2.43. The highest BCUT2D eigenvalue weighted by atomic mass is 19.4. The quantitative estimate of drug-likeness (QED) is 0.805. The van der Waals surface area contributed by atoms with E-state index in [1.54, 1.807) is 0 Å². The Kier molecular flexibility index (Phi) is 6.56. The molecular weight excluding hydrogens is 393 g/mol. The van der Waals surface area contributed by atoms with Gasteiger partial charge >= 0.3 is 12.1 Å². The molecule has 1 amide bonds. The van der Waals surface area contributed by atoms with Crippen LogP contribution in [0.1, 0.15) is 37.5 Å². The highest BCUT2D eigenvalue weighted by molar-refractivity contribution is 5.81. The van der Waals surface area contributed by atoms with Crippen LogP contribution in [0.2, 0.25) is 0 Å². The molecule has 3 fully saturated rings. The SMILES string of the molecule is O=C(C1CC1)N1CCOCC1c1nccc(N2CCCC2)n1.O=C(O)C(F)(F)F. The Bertz CT molecular complexity index is 736. The van der Waals surface area contributed by atoms with E-state index >= 15 is 0 Å². The maximum Gasteiger partial charge on any atom is 0.490 e. The molecule has 29 heavy (non-hydrogen) atoms. The van der Waals surface area contributed by atoms with E-state index < -0.39 is 12.1 Å². The first-order valence-electron chi connectivity index (χ1n) is 9.53. The molecule has 2 saturated heterocycles. The Labute approximate surface area is 165 Å². The van der Waals surface area contributed by atoms with Gasteiger partial charge in [-0.25, -0.2) is 14.8 Å². The third-order valence-corrected chi connectivity index (χ3v) is 4.97. The second-order valence-electron chi connectivity index (χ2n) is 7.17. The monoisotopic (exact) mass is 416 g/mol. The highest BCUT2D eigenvalue weighted by Gasteiger charge is 2.39. The molecule has 3 aliphatic rings. The number of aliphatic carboxylic acids is 1.